The number of hydrogen-bond donors (Lipinski definition) is 0. The summed E-state index contributed by atoms with van der Waals surface area (Å²) < 4.78 is 14.8. The van der Waals surface area contributed by atoms with E-state index in [9.17, 15) is 4.39 Å². The van der Waals surface area contributed by atoms with Gasteiger partial charge in [0.2, 0.25) is 0 Å². The SMILES string of the molecule is FC1=IC=CC(Br)=C1Cl. The van der Waals surface area contributed by atoms with Gasteiger partial charge in [0, 0.05) is 4.48 Å². The Morgan fingerprint density at radius 1 is 1.67 bits per heavy atom. The first-order chi connectivity index (χ1) is 4.22. The summed E-state index contributed by atoms with van der Waals surface area (Å²) in [6, 6.07) is 0. The molecule has 1 rings (SSSR count). The Kier molecular flexibility index (Phi) is 2.85. The van der Waals surface area contributed by atoms with Crippen molar-refractivity contribution >= 4 is 52.0 Å². The van der Waals surface area contributed by atoms with Crippen molar-refractivity contribution in [2.24, 2.45) is 0 Å². The molecule has 0 radical (unpaired) electrons. The molecule has 0 N–H and O–H groups in total. The molecule has 0 fully saturated rings. The molecule has 0 aliphatic carbocycles. The average Bonchev–Trinajstić information content (AvgIpc) is 1.83. The summed E-state index contributed by atoms with van der Waals surface area (Å²) in [6.45, 7) is 0. The highest BCUT2D eigenvalue weighted by molar-refractivity contribution is 14.2. The van der Waals surface area contributed by atoms with Crippen LogP contribution >= 0.6 is 48.3 Å². The lowest BCUT2D eigenvalue weighted by Gasteiger charge is -1.98. The van der Waals surface area contributed by atoms with Gasteiger partial charge < -0.3 is 0 Å². The molecule has 4 heteroatoms. The largest absolute Gasteiger partial charge is 0.199 e. The molecule has 0 aromatic rings. The van der Waals surface area contributed by atoms with Gasteiger partial charge in [0.1, 0.15) is 0 Å². The summed E-state index contributed by atoms with van der Waals surface area (Å²) >= 11 is 8.06. The molecule has 0 saturated carbocycles. The normalized spacial score (nSPS) is 19.2. The third kappa shape index (κ3) is 1.85. The van der Waals surface area contributed by atoms with E-state index in [-0.39, 0.29) is 8.79 Å². The highest BCUT2D eigenvalue weighted by Gasteiger charge is 2.07. The lowest BCUT2D eigenvalue weighted by atomic mass is 10.5. The van der Waals surface area contributed by atoms with Gasteiger partial charge >= 0.3 is 0 Å². The molecule has 0 amide bonds. The summed E-state index contributed by atoms with van der Waals surface area (Å²) in [5.74, 6) is 0. The zero-order valence-electron chi connectivity index (χ0n) is 4.17. The number of hydrogen-bond acceptors (Lipinski definition) is 0. The maximum atomic E-state index is 12.5. The van der Waals surface area contributed by atoms with Crippen molar-refractivity contribution in [1.29, 1.82) is 0 Å². The number of halogens is 4. The molecule has 9 heavy (non-hydrogen) atoms. The van der Waals surface area contributed by atoms with E-state index >= 15 is 0 Å². The van der Waals surface area contributed by atoms with Gasteiger partial charge in [-0.25, -0.2) is 0 Å². The van der Waals surface area contributed by atoms with Crippen LogP contribution in [0.5, 0.6) is 0 Å². The molecule has 1 heterocycles. The molecule has 0 nitrogen and oxygen atoms in total. The van der Waals surface area contributed by atoms with E-state index in [1.165, 1.54) is 0 Å². The van der Waals surface area contributed by atoms with E-state index in [4.69, 9.17) is 11.6 Å². The van der Waals surface area contributed by atoms with Gasteiger partial charge in [0.15, 0.2) is 3.76 Å². The minimum atomic E-state index is -0.566. The third-order valence-corrected chi connectivity index (χ3v) is 4.13. The molecular formula is C5H2BrClFI. The zero-order chi connectivity index (χ0) is 6.85. The third-order valence-electron chi connectivity index (χ3n) is 0.744. The van der Waals surface area contributed by atoms with Crippen molar-refractivity contribution in [3.63, 3.8) is 0 Å². The second kappa shape index (κ2) is 3.25. The molecule has 0 atom stereocenters. The summed E-state index contributed by atoms with van der Waals surface area (Å²) in [7, 11) is 0. The van der Waals surface area contributed by atoms with Crippen LogP contribution in [0.3, 0.4) is 0 Å². The Hall–Kier alpha value is 0.780. The van der Waals surface area contributed by atoms with Gasteiger partial charge in [-0.2, -0.15) is 4.39 Å². The molecule has 0 saturated heterocycles. The zero-order valence-corrected chi connectivity index (χ0v) is 8.67. The molecule has 1 aliphatic rings. The molecule has 0 spiro atoms. The van der Waals surface area contributed by atoms with Crippen LogP contribution in [0.2, 0.25) is 0 Å². The first-order valence-corrected chi connectivity index (χ1v) is 5.59. The van der Waals surface area contributed by atoms with Crippen molar-refractivity contribution < 1.29 is 4.39 Å². The van der Waals surface area contributed by atoms with E-state index < -0.39 is 20.7 Å². The smallest absolute Gasteiger partial charge is 0.174 e. The summed E-state index contributed by atoms with van der Waals surface area (Å²) in [5.41, 5.74) is 0. The van der Waals surface area contributed by atoms with Crippen LogP contribution in [0, 0.1) is 0 Å². The minimum absolute atomic E-state index is 0.162. The Labute approximate surface area is 75.6 Å². The van der Waals surface area contributed by atoms with Crippen molar-refractivity contribution in [1.82, 2.24) is 0 Å². The molecule has 50 valence electrons. The standard InChI is InChI=1S/C5H2BrClFI/c6-3-1-2-9-5(8)4(3)7/h1-2H. The van der Waals surface area contributed by atoms with E-state index in [1.807, 2.05) is 4.08 Å². The number of rotatable bonds is 0. The van der Waals surface area contributed by atoms with Crippen molar-refractivity contribution in [3.05, 3.63) is 19.7 Å². The summed E-state index contributed by atoms with van der Waals surface area (Å²) in [5, 5.41) is 0.241. The van der Waals surface area contributed by atoms with Gasteiger partial charge in [0.25, 0.3) is 0 Å². The topological polar surface area (TPSA) is 0 Å². The maximum Gasteiger partial charge on any atom is 0.174 e. The monoisotopic (exact) mass is 322 g/mol. The average molecular weight is 323 g/mol. The highest BCUT2D eigenvalue weighted by Crippen LogP contribution is 2.28. The van der Waals surface area contributed by atoms with Gasteiger partial charge in [0.05, 0.1) is 5.03 Å². The molecule has 1 aliphatic heterocycles. The van der Waals surface area contributed by atoms with Crippen LogP contribution in [-0.4, -0.2) is 3.76 Å². The van der Waals surface area contributed by atoms with E-state index in [1.54, 1.807) is 6.08 Å². The van der Waals surface area contributed by atoms with E-state index in [2.05, 4.69) is 15.9 Å². The predicted octanol–water partition coefficient (Wildman–Crippen LogP) is 3.43. The lowest BCUT2D eigenvalue weighted by molar-refractivity contribution is 0.837. The first kappa shape index (κ1) is 7.88. The highest BCUT2D eigenvalue weighted by atomic mass is 127. The van der Waals surface area contributed by atoms with Gasteiger partial charge in [-0.15, -0.1) is 0 Å². The quantitative estimate of drug-likeness (QED) is 0.599. The van der Waals surface area contributed by atoms with Crippen molar-refractivity contribution in [2.75, 3.05) is 0 Å². The maximum absolute atomic E-state index is 12.5. The molecule has 0 aromatic carbocycles. The van der Waals surface area contributed by atoms with Gasteiger partial charge in [-0.1, -0.05) is 32.3 Å². The van der Waals surface area contributed by atoms with Crippen LogP contribution in [-0.2, 0) is 0 Å². The Morgan fingerprint density at radius 3 is 2.78 bits per heavy atom. The Bertz CT molecular complexity index is 219. The van der Waals surface area contributed by atoms with Crippen LogP contribution in [0.1, 0.15) is 0 Å². The summed E-state index contributed by atoms with van der Waals surface area (Å²) in [6.07, 6.45) is 1.79. The van der Waals surface area contributed by atoms with Crippen molar-refractivity contribution in [2.45, 2.75) is 0 Å². The molecule has 0 unspecified atom stereocenters. The second-order valence-corrected chi connectivity index (χ2v) is 4.85. The van der Waals surface area contributed by atoms with Crippen LogP contribution < -0.4 is 0 Å². The number of allylic oxidation sites excluding steroid dienone is 3. The van der Waals surface area contributed by atoms with Crippen molar-refractivity contribution in [3.8, 4) is 0 Å². The van der Waals surface area contributed by atoms with Gasteiger partial charge in [-0.3, -0.25) is 0 Å². The van der Waals surface area contributed by atoms with Crippen LogP contribution in [0.25, 0.3) is 0 Å². The fraction of sp³-hybridized carbons (Fsp3) is 0. The van der Waals surface area contributed by atoms with Gasteiger partial charge in [-0.05, 0) is 26.1 Å². The summed E-state index contributed by atoms with van der Waals surface area (Å²) in [4.78, 5) is 0. The van der Waals surface area contributed by atoms with Crippen LogP contribution in [0.4, 0.5) is 4.39 Å². The fourth-order valence-electron chi connectivity index (χ4n) is 0.353. The Balaban J connectivity index is 3.06. The van der Waals surface area contributed by atoms with E-state index in [0.717, 1.165) is 0 Å². The Morgan fingerprint density at radius 2 is 2.33 bits per heavy atom. The first-order valence-electron chi connectivity index (χ1n) is 2.10. The van der Waals surface area contributed by atoms with Crippen LogP contribution in [0.15, 0.2) is 19.7 Å². The predicted molar refractivity (Wildman–Crippen MR) is 51.1 cm³/mol. The molecular weight excluding hydrogens is 321 g/mol. The fourth-order valence-corrected chi connectivity index (χ4v) is 3.28. The minimum Gasteiger partial charge on any atom is -0.199 e. The lowest BCUT2D eigenvalue weighted by Crippen LogP contribution is -1.87. The van der Waals surface area contributed by atoms with E-state index in [0.29, 0.717) is 4.48 Å². The second-order valence-electron chi connectivity index (χ2n) is 1.32. The molecule has 0 aromatic heterocycles. The molecule has 0 bridgehead atoms.